The Bertz CT molecular complexity index is 980. The summed E-state index contributed by atoms with van der Waals surface area (Å²) in [7, 11) is 1.97. The molecule has 1 aliphatic rings. The van der Waals surface area contributed by atoms with Gasteiger partial charge in [-0.25, -0.2) is 0 Å². The van der Waals surface area contributed by atoms with E-state index in [2.05, 4.69) is 29.3 Å². The van der Waals surface area contributed by atoms with Gasteiger partial charge in [0.05, 0.1) is 0 Å². The second-order valence-corrected chi connectivity index (χ2v) is 8.55. The van der Waals surface area contributed by atoms with Gasteiger partial charge in [-0.2, -0.15) is 0 Å². The fourth-order valence-corrected chi connectivity index (χ4v) is 4.84. The lowest BCUT2D eigenvalue weighted by Gasteiger charge is -2.30. The summed E-state index contributed by atoms with van der Waals surface area (Å²) >= 11 is 1.49. The van der Waals surface area contributed by atoms with Crippen molar-refractivity contribution in [3.8, 4) is 11.4 Å². The van der Waals surface area contributed by atoms with Crippen molar-refractivity contribution in [2.45, 2.75) is 36.6 Å². The zero-order valence-electron chi connectivity index (χ0n) is 16.9. The molecular weight excluding hydrogens is 380 g/mol. The lowest BCUT2D eigenvalue weighted by atomic mass is 10.1. The Morgan fingerprint density at radius 1 is 0.966 bits per heavy atom. The van der Waals surface area contributed by atoms with Crippen LogP contribution in [-0.2, 0) is 11.8 Å². The van der Waals surface area contributed by atoms with E-state index >= 15 is 0 Å². The minimum absolute atomic E-state index is 0.168. The zero-order chi connectivity index (χ0) is 20.2. The molecule has 5 nitrogen and oxygen atoms in total. The maximum absolute atomic E-state index is 13.4. The molecule has 0 radical (unpaired) electrons. The number of benzene rings is 2. The first-order valence-corrected chi connectivity index (χ1v) is 11.0. The highest BCUT2D eigenvalue weighted by Gasteiger charge is 2.29. The highest BCUT2D eigenvalue weighted by atomic mass is 32.2. The molecule has 3 aromatic rings. The predicted octanol–water partition coefficient (Wildman–Crippen LogP) is 4.64. The summed E-state index contributed by atoms with van der Waals surface area (Å²) in [5.41, 5.74) is 3.23. The fraction of sp³-hybridized carbons (Fsp3) is 0.348. The summed E-state index contributed by atoms with van der Waals surface area (Å²) in [6.07, 6.45) is 3.37. The SMILES string of the molecule is Cc1ccccc1-c1nnc(S[C@H](C(=O)N2CCCCC2)c2ccccc2)n1C. The van der Waals surface area contributed by atoms with Crippen LogP contribution >= 0.6 is 11.8 Å². The number of hydrogen-bond acceptors (Lipinski definition) is 4. The molecule has 29 heavy (non-hydrogen) atoms. The van der Waals surface area contributed by atoms with Crippen LogP contribution in [0, 0.1) is 6.92 Å². The van der Waals surface area contributed by atoms with E-state index in [0.29, 0.717) is 0 Å². The Hall–Kier alpha value is -2.60. The van der Waals surface area contributed by atoms with E-state index < -0.39 is 0 Å². The summed E-state index contributed by atoms with van der Waals surface area (Å²) in [5.74, 6) is 0.990. The molecule has 1 fully saturated rings. The number of aromatic nitrogens is 3. The molecule has 2 heterocycles. The summed E-state index contributed by atoms with van der Waals surface area (Å²) in [6.45, 7) is 3.76. The highest BCUT2D eigenvalue weighted by molar-refractivity contribution is 8.00. The van der Waals surface area contributed by atoms with Crippen LogP contribution in [0.2, 0.25) is 0 Å². The van der Waals surface area contributed by atoms with Crippen LogP contribution < -0.4 is 0 Å². The van der Waals surface area contributed by atoms with Crippen LogP contribution in [0.25, 0.3) is 11.4 Å². The van der Waals surface area contributed by atoms with E-state index in [9.17, 15) is 4.79 Å². The van der Waals surface area contributed by atoms with Crippen LogP contribution in [0.5, 0.6) is 0 Å². The van der Waals surface area contributed by atoms with E-state index in [1.54, 1.807) is 0 Å². The molecule has 6 heteroatoms. The van der Waals surface area contributed by atoms with Gasteiger partial charge in [0.25, 0.3) is 0 Å². The molecule has 0 unspecified atom stereocenters. The molecule has 4 rings (SSSR count). The zero-order valence-corrected chi connectivity index (χ0v) is 17.7. The Kier molecular flexibility index (Phi) is 6.00. The van der Waals surface area contributed by atoms with Gasteiger partial charge in [-0.3, -0.25) is 4.79 Å². The minimum atomic E-state index is -0.318. The first-order valence-electron chi connectivity index (χ1n) is 10.1. The van der Waals surface area contributed by atoms with E-state index in [1.165, 1.54) is 18.2 Å². The number of rotatable bonds is 5. The van der Waals surface area contributed by atoms with Gasteiger partial charge < -0.3 is 9.47 Å². The van der Waals surface area contributed by atoms with E-state index in [-0.39, 0.29) is 11.2 Å². The average Bonchev–Trinajstić information content (AvgIpc) is 3.13. The number of carbonyl (C=O) groups is 1. The number of likely N-dealkylation sites (tertiary alicyclic amines) is 1. The molecule has 2 aromatic carbocycles. The van der Waals surface area contributed by atoms with Crippen molar-refractivity contribution in [3.05, 3.63) is 65.7 Å². The van der Waals surface area contributed by atoms with Crippen LogP contribution in [0.3, 0.4) is 0 Å². The van der Waals surface area contributed by atoms with Gasteiger partial charge >= 0.3 is 0 Å². The summed E-state index contributed by atoms with van der Waals surface area (Å²) < 4.78 is 1.99. The molecule has 0 N–H and O–H groups in total. The van der Waals surface area contributed by atoms with Gasteiger partial charge in [-0.05, 0) is 37.3 Å². The Morgan fingerprint density at radius 3 is 2.38 bits per heavy atom. The molecule has 1 aromatic heterocycles. The van der Waals surface area contributed by atoms with Crippen LogP contribution in [0.15, 0.2) is 59.8 Å². The quantitative estimate of drug-likeness (QED) is 0.580. The van der Waals surface area contributed by atoms with E-state index in [0.717, 1.165) is 53.6 Å². The second kappa shape index (κ2) is 8.82. The lowest BCUT2D eigenvalue weighted by molar-refractivity contribution is -0.131. The Labute approximate surface area is 176 Å². The molecule has 1 amide bonds. The van der Waals surface area contributed by atoms with E-state index in [1.807, 2.05) is 59.0 Å². The number of nitrogens with zero attached hydrogens (tertiary/aromatic N) is 4. The predicted molar refractivity (Wildman–Crippen MR) is 117 cm³/mol. The van der Waals surface area contributed by atoms with Crippen molar-refractivity contribution in [3.63, 3.8) is 0 Å². The largest absolute Gasteiger partial charge is 0.341 e. The topological polar surface area (TPSA) is 51.0 Å². The van der Waals surface area contributed by atoms with Gasteiger partial charge in [0.1, 0.15) is 5.25 Å². The maximum atomic E-state index is 13.4. The van der Waals surface area contributed by atoms with Gasteiger partial charge in [-0.15, -0.1) is 10.2 Å². The third kappa shape index (κ3) is 4.22. The van der Waals surface area contributed by atoms with Gasteiger partial charge in [-0.1, -0.05) is 66.4 Å². The van der Waals surface area contributed by atoms with Crippen LogP contribution in [0.4, 0.5) is 0 Å². The normalized spacial score (nSPS) is 15.3. The third-order valence-electron chi connectivity index (χ3n) is 5.44. The molecule has 0 aliphatic carbocycles. The molecule has 1 atom stereocenters. The molecule has 1 saturated heterocycles. The minimum Gasteiger partial charge on any atom is -0.341 e. The number of aryl methyl sites for hydroxylation is 1. The van der Waals surface area contributed by atoms with Gasteiger partial charge in [0.2, 0.25) is 5.91 Å². The smallest absolute Gasteiger partial charge is 0.240 e. The Balaban J connectivity index is 1.65. The van der Waals surface area contributed by atoms with Crippen LogP contribution in [0.1, 0.15) is 35.6 Å². The fourth-order valence-electron chi connectivity index (χ4n) is 3.75. The first-order chi connectivity index (χ1) is 14.1. The van der Waals surface area contributed by atoms with Crippen molar-refractivity contribution >= 4 is 17.7 Å². The molecular formula is C23H26N4OS. The van der Waals surface area contributed by atoms with Crippen LogP contribution in [-0.4, -0.2) is 38.7 Å². The number of piperidine rings is 1. The first kappa shape index (κ1) is 19.7. The monoisotopic (exact) mass is 406 g/mol. The maximum Gasteiger partial charge on any atom is 0.240 e. The second-order valence-electron chi connectivity index (χ2n) is 7.47. The standard InChI is InChI=1S/C23H26N4OS/c1-17-11-7-8-14-19(17)21-24-25-23(26(21)2)29-20(18-12-5-3-6-13-18)22(28)27-15-9-4-10-16-27/h3,5-8,11-14,20H,4,9-10,15-16H2,1-2H3/t20-/m0/s1. The summed E-state index contributed by atoms with van der Waals surface area (Å²) in [6, 6.07) is 18.2. The van der Waals surface area contributed by atoms with Gasteiger partial charge in [0, 0.05) is 25.7 Å². The van der Waals surface area contributed by atoms with Crippen molar-refractivity contribution in [1.82, 2.24) is 19.7 Å². The van der Waals surface area contributed by atoms with E-state index in [4.69, 9.17) is 0 Å². The van der Waals surface area contributed by atoms with Gasteiger partial charge in [0.15, 0.2) is 11.0 Å². The number of carbonyl (C=O) groups excluding carboxylic acids is 1. The number of thioether (sulfide) groups is 1. The molecule has 0 saturated carbocycles. The molecule has 0 bridgehead atoms. The molecule has 1 aliphatic heterocycles. The number of hydrogen-bond donors (Lipinski definition) is 0. The Morgan fingerprint density at radius 2 is 1.66 bits per heavy atom. The van der Waals surface area contributed by atoms with Crippen molar-refractivity contribution in [2.24, 2.45) is 7.05 Å². The lowest BCUT2D eigenvalue weighted by Crippen LogP contribution is -2.38. The van der Waals surface area contributed by atoms with Crippen molar-refractivity contribution in [2.75, 3.05) is 13.1 Å². The summed E-state index contributed by atoms with van der Waals surface area (Å²) in [4.78, 5) is 15.4. The third-order valence-corrected chi connectivity index (χ3v) is 6.71. The number of amides is 1. The summed E-state index contributed by atoms with van der Waals surface area (Å²) in [5, 5.41) is 9.30. The molecule has 0 spiro atoms. The van der Waals surface area contributed by atoms with Crippen molar-refractivity contribution < 1.29 is 4.79 Å². The highest BCUT2D eigenvalue weighted by Crippen LogP contribution is 2.37. The average molecular weight is 407 g/mol. The molecule has 150 valence electrons. The van der Waals surface area contributed by atoms with Crippen molar-refractivity contribution in [1.29, 1.82) is 0 Å².